The number of hydrogen-bond acceptors (Lipinski definition) is 7. The van der Waals surface area contributed by atoms with E-state index in [4.69, 9.17) is 9.51 Å². The normalized spacial score (nSPS) is 17.6. The third-order valence-corrected chi connectivity index (χ3v) is 5.91. The molecule has 0 radical (unpaired) electrons. The van der Waals surface area contributed by atoms with E-state index in [1.54, 1.807) is 0 Å². The highest BCUT2D eigenvalue weighted by Gasteiger charge is 2.33. The van der Waals surface area contributed by atoms with Crippen LogP contribution in [0.4, 0.5) is 5.13 Å². The number of anilines is 1. The first kappa shape index (κ1) is 18.6. The van der Waals surface area contributed by atoms with E-state index in [1.165, 1.54) is 11.5 Å². The second kappa shape index (κ2) is 7.31. The molecule has 1 aliphatic rings. The van der Waals surface area contributed by atoms with Gasteiger partial charge in [0.05, 0.1) is 0 Å². The lowest BCUT2D eigenvalue weighted by atomic mass is 9.96. The second-order valence-corrected chi connectivity index (χ2v) is 9.50. The summed E-state index contributed by atoms with van der Waals surface area (Å²) in [6.45, 7) is 7.33. The average Bonchev–Trinajstić information content (AvgIpc) is 3.35. The van der Waals surface area contributed by atoms with Crippen molar-refractivity contribution in [2.75, 3.05) is 11.4 Å². The van der Waals surface area contributed by atoms with Crippen LogP contribution in [0.3, 0.4) is 0 Å². The summed E-state index contributed by atoms with van der Waals surface area (Å²) in [6, 6.07) is 8.26. The lowest BCUT2D eigenvalue weighted by Crippen LogP contribution is -2.23. The van der Waals surface area contributed by atoms with Crippen molar-refractivity contribution in [3.63, 3.8) is 0 Å². The molecule has 4 rings (SSSR count). The third-order valence-electron chi connectivity index (χ3n) is 4.63. The first-order chi connectivity index (χ1) is 12.9. The van der Waals surface area contributed by atoms with E-state index in [9.17, 15) is 0 Å². The van der Waals surface area contributed by atoms with Gasteiger partial charge in [-0.1, -0.05) is 54.0 Å². The molecule has 142 valence electrons. The number of nitrogens with zero attached hydrogens (tertiary/aromatic N) is 5. The highest BCUT2D eigenvalue weighted by molar-refractivity contribution is 9.10. The summed E-state index contributed by atoms with van der Waals surface area (Å²) >= 11 is 4.91. The van der Waals surface area contributed by atoms with Crippen molar-refractivity contribution in [2.45, 2.75) is 51.5 Å². The highest BCUT2D eigenvalue weighted by Crippen LogP contribution is 2.37. The predicted octanol–water partition coefficient (Wildman–Crippen LogP) is 4.91. The standard InChI is InChI=1S/C19H22BrN5OS/c1-19(2,3)17-22-18(27-24-17)25-10-4-5-14(25)16-21-15(23-26-16)11-12-6-8-13(20)9-7-12/h6-9,14H,4-5,10-11H2,1-3H3. The molecule has 27 heavy (non-hydrogen) atoms. The van der Waals surface area contributed by atoms with Gasteiger partial charge < -0.3 is 9.42 Å². The molecule has 3 heterocycles. The van der Waals surface area contributed by atoms with Crippen LogP contribution in [-0.2, 0) is 11.8 Å². The molecule has 0 N–H and O–H groups in total. The van der Waals surface area contributed by atoms with Gasteiger partial charge in [0.2, 0.25) is 11.0 Å². The minimum atomic E-state index is -0.0493. The maximum Gasteiger partial charge on any atom is 0.249 e. The predicted molar refractivity (Wildman–Crippen MR) is 109 cm³/mol. The fourth-order valence-corrected chi connectivity index (χ4v) is 4.35. The van der Waals surface area contributed by atoms with Crippen LogP contribution < -0.4 is 4.90 Å². The summed E-state index contributed by atoms with van der Waals surface area (Å²) in [5.74, 6) is 2.27. The number of aromatic nitrogens is 4. The fourth-order valence-electron chi connectivity index (χ4n) is 3.15. The molecule has 1 unspecified atom stereocenters. The second-order valence-electron chi connectivity index (χ2n) is 7.85. The molecule has 1 atom stereocenters. The van der Waals surface area contributed by atoms with Crippen LogP contribution in [0.1, 0.15) is 62.8 Å². The minimum Gasteiger partial charge on any atom is -0.337 e. The van der Waals surface area contributed by atoms with Gasteiger partial charge in [-0.15, -0.1) is 0 Å². The molecule has 8 heteroatoms. The van der Waals surface area contributed by atoms with Gasteiger partial charge in [-0.05, 0) is 30.5 Å². The fraction of sp³-hybridized carbons (Fsp3) is 0.474. The maximum atomic E-state index is 5.61. The van der Waals surface area contributed by atoms with Crippen LogP contribution >= 0.6 is 27.5 Å². The molecule has 0 spiro atoms. The molecule has 1 aromatic carbocycles. The average molecular weight is 448 g/mol. The van der Waals surface area contributed by atoms with E-state index in [-0.39, 0.29) is 11.5 Å². The van der Waals surface area contributed by atoms with Crippen LogP contribution in [0.25, 0.3) is 0 Å². The Morgan fingerprint density at radius 1 is 1.22 bits per heavy atom. The summed E-state index contributed by atoms with van der Waals surface area (Å²) in [5, 5.41) is 5.13. The van der Waals surface area contributed by atoms with Gasteiger partial charge in [0.15, 0.2) is 5.82 Å². The largest absolute Gasteiger partial charge is 0.337 e. The molecular weight excluding hydrogens is 426 g/mol. The van der Waals surface area contributed by atoms with Crippen molar-refractivity contribution in [3.8, 4) is 0 Å². The SMILES string of the molecule is CC(C)(C)c1nsc(N2CCCC2c2nc(Cc3ccc(Br)cc3)no2)n1. The quantitative estimate of drug-likeness (QED) is 0.565. The molecule has 2 aromatic heterocycles. The van der Waals surface area contributed by atoms with E-state index in [1.807, 2.05) is 12.1 Å². The highest BCUT2D eigenvalue weighted by atomic mass is 79.9. The summed E-state index contributed by atoms with van der Waals surface area (Å²) in [4.78, 5) is 11.7. The first-order valence-electron chi connectivity index (χ1n) is 9.08. The molecule has 0 aliphatic carbocycles. The summed E-state index contributed by atoms with van der Waals surface area (Å²) < 4.78 is 11.2. The molecule has 1 fully saturated rings. The Morgan fingerprint density at radius 2 is 2.00 bits per heavy atom. The molecule has 6 nitrogen and oxygen atoms in total. The Kier molecular flexibility index (Phi) is 5.03. The van der Waals surface area contributed by atoms with Crippen LogP contribution in [0.15, 0.2) is 33.3 Å². The van der Waals surface area contributed by atoms with Crippen molar-refractivity contribution >= 4 is 32.6 Å². The van der Waals surface area contributed by atoms with Gasteiger partial charge in [0.1, 0.15) is 11.9 Å². The molecule has 1 aliphatic heterocycles. The summed E-state index contributed by atoms with van der Waals surface area (Å²) in [7, 11) is 0. The monoisotopic (exact) mass is 447 g/mol. The van der Waals surface area contributed by atoms with E-state index in [0.29, 0.717) is 18.1 Å². The zero-order valence-corrected chi connectivity index (χ0v) is 18.0. The lowest BCUT2D eigenvalue weighted by molar-refractivity contribution is 0.351. The molecule has 0 saturated carbocycles. The third kappa shape index (κ3) is 4.06. The van der Waals surface area contributed by atoms with Gasteiger partial charge in [-0.3, -0.25) is 0 Å². The Balaban J connectivity index is 1.51. The number of benzene rings is 1. The molecule has 0 amide bonds. The molecular formula is C19H22BrN5OS. The van der Waals surface area contributed by atoms with Crippen molar-refractivity contribution in [3.05, 3.63) is 51.8 Å². The van der Waals surface area contributed by atoms with Gasteiger partial charge in [0, 0.05) is 34.4 Å². The summed E-state index contributed by atoms with van der Waals surface area (Å²) in [5.41, 5.74) is 1.11. The van der Waals surface area contributed by atoms with Gasteiger partial charge in [-0.2, -0.15) is 9.36 Å². The Labute approximate surface area is 171 Å². The molecule has 0 bridgehead atoms. The van der Waals surface area contributed by atoms with Gasteiger partial charge in [0.25, 0.3) is 0 Å². The van der Waals surface area contributed by atoms with Crippen LogP contribution in [0.5, 0.6) is 0 Å². The number of hydrogen-bond donors (Lipinski definition) is 0. The maximum absolute atomic E-state index is 5.61. The van der Waals surface area contributed by atoms with Crippen LogP contribution in [0, 0.1) is 0 Å². The van der Waals surface area contributed by atoms with Crippen molar-refractivity contribution in [1.29, 1.82) is 0 Å². The van der Waals surface area contributed by atoms with E-state index in [0.717, 1.165) is 40.4 Å². The van der Waals surface area contributed by atoms with Gasteiger partial charge >= 0.3 is 0 Å². The molecule has 1 saturated heterocycles. The van der Waals surface area contributed by atoms with Crippen LogP contribution in [0.2, 0.25) is 0 Å². The first-order valence-corrected chi connectivity index (χ1v) is 10.6. The summed E-state index contributed by atoms with van der Waals surface area (Å²) in [6.07, 6.45) is 2.74. The van der Waals surface area contributed by atoms with Crippen LogP contribution in [-0.4, -0.2) is 26.0 Å². The lowest BCUT2D eigenvalue weighted by Gasteiger charge is -2.20. The topological polar surface area (TPSA) is 67.9 Å². The van der Waals surface area contributed by atoms with Crippen molar-refractivity contribution in [2.24, 2.45) is 0 Å². The number of rotatable bonds is 4. The minimum absolute atomic E-state index is 0.0493. The number of halogens is 1. The smallest absolute Gasteiger partial charge is 0.249 e. The van der Waals surface area contributed by atoms with Crippen molar-refractivity contribution < 1.29 is 4.52 Å². The van der Waals surface area contributed by atoms with E-state index in [2.05, 4.69) is 68.2 Å². The van der Waals surface area contributed by atoms with E-state index >= 15 is 0 Å². The Morgan fingerprint density at radius 3 is 2.70 bits per heavy atom. The zero-order valence-electron chi connectivity index (χ0n) is 15.6. The van der Waals surface area contributed by atoms with E-state index < -0.39 is 0 Å². The van der Waals surface area contributed by atoms with Crippen molar-refractivity contribution in [1.82, 2.24) is 19.5 Å². The molecule has 3 aromatic rings. The Bertz CT molecular complexity index is 915. The van der Waals surface area contributed by atoms with Gasteiger partial charge in [-0.25, -0.2) is 4.98 Å². The zero-order chi connectivity index (χ0) is 19.0. The Hall–Kier alpha value is -1.80.